The Morgan fingerprint density at radius 3 is 2.37 bits per heavy atom. The standard InChI is InChI=1S/C25H32N4O5S/c1-33-22-12-9-19(17-23(22)34-2)24(30)27-14-13-18-7-10-21(11-8-18)35(31,32)29-16-15-28(25(29)26)20-5-3-4-6-20/h7-12,17,20,26H,3-6,13-16H2,1-2H3,(H,27,30). The summed E-state index contributed by atoms with van der Waals surface area (Å²) in [4.78, 5) is 14.6. The van der Waals surface area contributed by atoms with Crippen molar-refractivity contribution in [1.29, 1.82) is 5.41 Å². The van der Waals surface area contributed by atoms with Crippen molar-refractivity contribution in [3.05, 3.63) is 53.6 Å². The molecule has 9 nitrogen and oxygen atoms in total. The summed E-state index contributed by atoms with van der Waals surface area (Å²) in [6.45, 7) is 1.27. The molecule has 0 unspecified atom stereocenters. The molecule has 1 saturated carbocycles. The number of guanidine groups is 1. The van der Waals surface area contributed by atoms with Crippen LogP contribution in [0.2, 0.25) is 0 Å². The summed E-state index contributed by atoms with van der Waals surface area (Å²) in [6.07, 6.45) is 4.87. The molecule has 0 spiro atoms. The van der Waals surface area contributed by atoms with Gasteiger partial charge in [0.15, 0.2) is 11.5 Å². The van der Waals surface area contributed by atoms with Crippen LogP contribution in [0, 0.1) is 5.41 Å². The number of ether oxygens (including phenoxy) is 2. The van der Waals surface area contributed by atoms with Crippen LogP contribution >= 0.6 is 0 Å². The van der Waals surface area contributed by atoms with Crippen LogP contribution in [0.3, 0.4) is 0 Å². The van der Waals surface area contributed by atoms with Crippen LogP contribution in [0.1, 0.15) is 41.6 Å². The molecule has 1 aliphatic heterocycles. The lowest BCUT2D eigenvalue weighted by molar-refractivity contribution is 0.0953. The van der Waals surface area contributed by atoms with E-state index in [9.17, 15) is 13.2 Å². The molecule has 0 radical (unpaired) electrons. The minimum absolute atomic E-state index is 0.0823. The van der Waals surface area contributed by atoms with Gasteiger partial charge in [0.2, 0.25) is 5.96 Å². The normalized spacial score (nSPS) is 16.6. The Labute approximate surface area is 206 Å². The fourth-order valence-corrected chi connectivity index (χ4v) is 6.10. The summed E-state index contributed by atoms with van der Waals surface area (Å²) in [7, 11) is -0.723. The summed E-state index contributed by atoms with van der Waals surface area (Å²) in [5.74, 6) is 0.882. The van der Waals surface area contributed by atoms with E-state index in [0.717, 1.165) is 31.2 Å². The highest BCUT2D eigenvalue weighted by atomic mass is 32.2. The molecule has 1 aliphatic carbocycles. The van der Waals surface area contributed by atoms with Gasteiger partial charge in [-0.1, -0.05) is 25.0 Å². The summed E-state index contributed by atoms with van der Waals surface area (Å²) in [5.41, 5.74) is 1.37. The third-order valence-electron chi connectivity index (χ3n) is 6.67. The van der Waals surface area contributed by atoms with Crippen LogP contribution in [-0.4, -0.2) is 69.4 Å². The van der Waals surface area contributed by atoms with E-state index < -0.39 is 10.0 Å². The third kappa shape index (κ3) is 5.22. The van der Waals surface area contributed by atoms with Gasteiger partial charge in [-0.3, -0.25) is 10.2 Å². The van der Waals surface area contributed by atoms with Crippen molar-refractivity contribution in [2.75, 3.05) is 33.9 Å². The van der Waals surface area contributed by atoms with Crippen LogP contribution in [-0.2, 0) is 16.4 Å². The van der Waals surface area contributed by atoms with Crippen molar-refractivity contribution in [3.63, 3.8) is 0 Å². The largest absolute Gasteiger partial charge is 0.493 e. The second kappa shape index (κ2) is 10.6. The minimum Gasteiger partial charge on any atom is -0.493 e. The van der Waals surface area contributed by atoms with Crippen molar-refractivity contribution in [2.45, 2.75) is 43.0 Å². The fourth-order valence-electron chi connectivity index (χ4n) is 4.71. The highest BCUT2D eigenvalue weighted by Crippen LogP contribution is 2.29. The molecule has 1 amide bonds. The maximum atomic E-state index is 13.2. The van der Waals surface area contributed by atoms with Gasteiger partial charge in [0.05, 0.1) is 25.7 Å². The first kappa shape index (κ1) is 24.8. The Morgan fingerprint density at radius 2 is 1.71 bits per heavy atom. The molecule has 0 aromatic heterocycles. The van der Waals surface area contributed by atoms with Gasteiger partial charge < -0.3 is 19.7 Å². The highest BCUT2D eigenvalue weighted by molar-refractivity contribution is 7.89. The maximum Gasteiger partial charge on any atom is 0.266 e. The Morgan fingerprint density at radius 1 is 1.03 bits per heavy atom. The van der Waals surface area contributed by atoms with Crippen LogP contribution in [0.5, 0.6) is 11.5 Å². The monoisotopic (exact) mass is 500 g/mol. The molecule has 2 aliphatic rings. The average molecular weight is 501 g/mol. The molecule has 0 bridgehead atoms. The molecule has 2 fully saturated rings. The number of nitrogens with zero attached hydrogens (tertiary/aromatic N) is 2. The van der Waals surface area contributed by atoms with Gasteiger partial charge in [-0.2, -0.15) is 0 Å². The Balaban J connectivity index is 1.33. The molecule has 4 rings (SSSR count). The number of nitrogens with one attached hydrogen (secondary N) is 2. The molecular weight excluding hydrogens is 468 g/mol. The summed E-state index contributed by atoms with van der Waals surface area (Å²) in [5, 5.41) is 11.3. The van der Waals surface area contributed by atoms with E-state index in [1.54, 1.807) is 42.5 Å². The number of methoxy groups -OCH3 is 2. The molecule has 188 valence electrons. The Kier molecular flexibility index (Phi) is 7.49. The van der Waals surface area contributed by atoms with Crippen LogP contribution in [0.15, 0.2) is 47.4 Å². The maximum absolute atomic E-state index is 13.2. The number of hydrogen-bond acceptors (Lipinski definition) is 6. The summed E-state index contributed by atoms with van der Waals surface area (Å²) >= 11 is 0. The zero-order valence-corrected chi connectivity index (χ0v) is 20.9. The Hall–Kier alpha value is -3.27. The van der Waals surface area contributed by atoms with Crippen molar-refractivity contribution in [1.82, 2.24) is 14.5 Å². The zero-order valence-electron chi connectivity index (χ0n) is 20.1. The van der Waals surface area contributed by atoms with Gasteiger partial charge in [0.1, 0.15) is 0 Å². The SMILES string of the molecule is COc1ccc(C(=O)NCCc2ccc(S(=O)(=O)N3CCN(C4CCCC4)C3=N)cc2)cc1OC. The smallest absolute Gasteiger partial charge is 0.266 e. The van der Waals surface area contributed by atoms with Crippen LogP contribution in [0.4, 0.5) is 0 Å². The second-order valence-electron chi connectivity index (χ2n) is 8.75. The molecule has 1 heterocycles. The van der Waals surface area contributed by atoms with Gasteiger partial charge in [0, 0.05) is 24.7 Å². The molecule has 10 heteroatoms. The number of amides is 1. The number of carbonyl (C=O) groups excluding carboxylic acids is 1. The van der Waals surface area contributed by atoms with E-state index in [4.69, 9.17) is 14.9 Å². The lowest BCUT2D eigenvalue weighted by Crippen LogP contribution is -2.40. The Bertz CT molecular complexity index is 1180. The van der Waals surface area contributed by atoms with Gasteiger partial charge in [-0.15, -0.1) is 0 Å². The topological polar surface area (TPSA) is 112 Å². The molecular formula is C25H32N4O5S. The molecule has 35 heavy (non-hydrogen) atoms. The second-order valence-corrected chi connectivity index (χ2v) is 10.6. The van der Waals surface area contributed by atoms with Crippen molar-refractivity contribution in [3.8, 4) is 11.5 Å². The third-order valence-corrected chi connectivity index (χ3v) is 8.48. The first-order chi connectivity index (χ1) is 16.8. The summed E-state index contributed by atoms with van der Waals surface area (Å²) in [6, 6.07) is 11.9. The first-order valence-electron chi connectivity index (χ1n) is 11.8. The number of benzene rings is 2. The average Bonchev–Trinajstić information content (AvgIpc) is 3.53. The van der Waals surface area contributed by atoms with Crippen molar-refractivity contribution >= 4 is 21.9 Å². The van der Waals surface area contributed by atoms with Gasteiger partial charge in [-0.05, 0) is 55.2 Å². The predicted molar refractivity (Wildman–Crippen MR) is 133 cm³/mol. The molecule has 1 saturated heterocycles. The fraction of sp³-hybridized carbons (Fsp3) is 0.440. The first-order valence-corrected chi connectivity index (χ1v) is 13.3. The van der Waals surface area contributed by atoms with E-state index in [-0.39, 0.29) is 22.8 Å². The van der Waals surface area contributed by atoms with E-state index in [2.05, 4.69) is 5.32 Å². The lowest BCUT2D eigenvalue weighted by Gasteiger charge is -2.26. The number of carbonyl (C=O) groups is 1. The van der Waals surface area contributed by atoms with Crippen molar-refractivity contribution in [2.24, 2.45) is 0 Å². The lowest BCUT2D eigenvalue weighted by atomic mass is 10.1. The van der Waals surface area contributed by atoms with Crippen molar-refractivity contribution < 1.29 is 22.7 Å². The minimum atomic E-state index is -3.77. The predicted octanol–water partition coefficient (Wildman–Crippen LogP) is 2.86. The summed E-state index contributed by atoms with van der Waals surface area (Å²) < 4.78 is 38.0. The number of hydrogen-bond donors (Lipinski definition) is 2. The van der Waals surface area contributed by atoms with E-state index >= 15 is 0 Å². The molecule has 2 aromatic carbocycles. The van der Waals surface area contributed by atoms with Crippen LogP contribution < -0.4 is 14.8 Å². The van der Waals surface area contributed by atoms with E-state index in [0.29, 0.717) is 43.1 Å². The van der Waals surface area contributed by atoms with Gasteiger partial charge in [-0.25, -0.2) is 12.7 Å². The van der Waals surface area contributed by atoms with Gasteiger partial charge in [0.25, 0.3) is 15.9 Å². The number of rotatable bonds is 9. The van der Waals surface area contributed by atoms with E-state index in [1.807, 2.05) is 4.90 Å². The van der Waals surface area contributed by atoms with Gasteiger partial charge >= 0.3 is 0 Å². The molecule has 2 aromatic rings. The van der Waals surface area contributed by atoms with E-state index in [1.165, 1.54) is 18.5 Å². The molecule has 0 atom stereocenters. The van der Waals surface area contributed by atoms with Crippen LogP contribution in [0.25, 0.3) is 0 Å². The molecule has 2 N–H and O–H groups in total. The highest BCUT2D eigenvalue weighted by Gasteiger charge is 2.38. The quantitative estimate of drug-likeness (QED) is 0.548. The zero-order chi connectivity index (χ0) is 25.0. The number of sulfonamides is 1.